The number of nitrogens with zero attached hydrogens (tertiary/aromatic N) is 1. The molecule has 1 unspecified atom stereocenters. The van der Waals surface area contributed by atoms with Gasteiger partial charge in [0.05, 0.1) is 13.2 Å². The Morgan fingerprint density at radius 2 is 1.72 bits per heavy atom. The predicted molar refractivity (Wildman–Crippen MR) is 99.5 cm³/mol. The number of urea groups is 1. The summed E-state index contributed by atoms with van der Waals surface area (Å²) in [6, 6.07) is 0.242. The third kappa shape index (κ3) is 8.54. The van der Waals surface area contributed by atoms with Crippen LogP contribution in [0.15, 0.2) is 0 Å². The highest BCUT2D eigenvalue weighted by Gasteiger charge is 2.27. The van der Waals surface area contributed by atoms with Crippen molar-refractivity contribution in [2.45, 2.75) is 59.0 Å². The van der Waals surface area contributed by atoms with Gasteiger partial charge in [-0.1, -0.05) is 26.7 Å². The van der Waals surface area contributed by atoms with Crippen LogP contribution in [-0.4, -0.2) is 68.3 Å². The van der Waals surface area contributed by atoms with E-state index in [0.29, 0.717) is 31.5 Å². The van der Waals surface area contributed by atoms with Gasteiger partial charge in [0, 0.05) is 44.7 Å². The molecule has 1 heterocycles. The minimum absolute atomic E-state index is 0.0430. The first-order valence-corrected chi connectivity index (χ1v) is 9.60. The minimum Gasteiger partial charge on any atom is -0.379 e. The molecule has 0 aromatic rings. The van der Waals surface area contributed by atoms with Crippen molar-refractivity contribution in [3.05, 3.63) is 0 Å². The first kappa shape index (κ1) is 21.7. The lowest BCUT2D eigenvalue weighted by Gasteiger charge is -2.38. The quantitative estimate of drug-likeness (QED) is 0.552. The molecule has 1 aliphatic heterocycles. The molecular formula is C18H36N4O3. The minimum atomic E-state index is -0.207. The van der Waals surface area contributed by atoms with Crippen molar-refractivity contribution in [1.82, 2.24) is 20.9 Å². The molecular weight excluding hydrogens is 320 g/mol. The lowest BCUT2D eigenvalue weighted by Crippen LogP contribution is -2.53. The number of ether oxygens (including phenoxy) is 1. The summed E-state index contributed by atoms with van der Waals surface area (Å²) in [7, 11) is 0. The number of morpholine rings is 1. The van der Waals surface area contributed by atoms with Crippen LogP contribution in [0.1, 0.15) is 47.0 Å². The fraction of sp³-hybridized carbons (Fsp3) is 0.889. The number of rotatable bonds is 10. The van der Waals surface area contributed by atoms with Gasteiger partial charge in [0.15, 0.2) is 0 Å². The van der Waals surface area contributed by atoms with Gasteiger partial charge in [0.1, 0.15) is 0 Å². The zero-order valence-corrected chi connectivity index (χ0v) is 16.3. The van der Waals surface area contributed by atoms with Crippen molar-refractivity contribution in [3.8, 4) is 0 Å². The van der Waals surface area contributed by atoms with Crippen LogP contribution in [0.3, 0.4) is 0 Å². The van der Waals surface area contributed by atoms with E-state index in [4.69, 9.17) is 4.74 Å². The van der Waals surface area contributed by atoms with Gasteiger partial charge in [0.25, 0.3) is 0 Å². The Bertz CT molecular complexity index is 394. The SMILES string of the molecule is CCC(CC)C(CNC(=O)NCCC(=O)NC(C)C)N1CCOCC1. The maximum absolute atomic E-state index is 12.0. The Labute approximate surface area is 152 Å². The summed E-state index contributed by atoms with van der Waals surface area (Å²) < 4.78 is 5.45. The first-order chi connectivity index (χ1) is 12.0. The lowest BCUT2D eigenvalue weighted by atomic mass is 9.92. The maximum atomic E-state index is 12.0. The van der Waals surface area contributed by atoms with Crippen LogP contribution < -0.4 is 16.0 Å². The Morgan fingerprint density at radius 3 is 2.28 bits per heavy atom. The van der Waals surface area contributed by atoms with E-state index in [2.05, 4.69) is 34.7 Å². The van der Waals surface area contributed by atoms with Crippen LogP contribution in [-0.2, 0) is 9.53 Å². The van der Waals surface area contributed by atoms with Gasteiger partial charge in [0.2, 0.25) is 5.91 Å². The largest absolute Gasteiger partial charge is 0.379 e. The maximum Gasteiger partial charge on any atom is 0.314 e. The zero-order chi connectivity index (χ0) is 18.7. The molecule has 1 aliphatic rings. The second-order valence-corrected chi connectivity index (χ2v) is 6.90. The van der Waals surface area contributed by atoms with Crippen LogP contribution in [0.2, 0.25) is 0 Å². The summed E-state index contributed by atoms with van der Waals surface area (Å²) in [5, 5.41) is 8.56. The second kappa shape index (κ2) is 12.1. The van der Waals surface area contributed by atoms with Crippen LogP contribution in [0.5, 0.6) is 0 Å². The second-order valence-electron chi connectivity index (χ2n) is 6.90. The Hall–Kier alpha value is -1.34. The molecule has 1 rings (SSSR count). The molecule has 146 valence electrons. The molecule has 0 radical (unpaired) electrons. The van der Waals surface area contributed by atoms with Gasteiger partial charge in [-0.25, -0.2) is 4.79 Å². The highest BCUT2D eigenvalue weighted by Crippen LogP contribution is 2.19. The molecule has 7 nitrogen and oxygen atoms in total. The number of amides is 3. The molecule has 0 aromatic heterocycles. The molecule has 3 N–H and O–H groups in total. The summed E-state index contributed by atoms with van der Waals surface area (Å²) in [6.45, 7) is 12.6. The number of carbonyl (C=O) groups excluding carboxylic acids is 2. The number of carbonyl (C=O) groups is 2. The summed E-state index contributed by atoms with van der Waals surface area (Å²) in [5.74, 6) is 0.508. The van der Waals surface area contributed by atoms with Crippen LogP contribution >= 0.6 is 0 Å². The van der Waals surface area contributed by atoms with Crippen molar-refractivity contribution in [3.63, 3.8) is 0 Å². The van der Waals surface area contributed by atoms with E-state index >= 15 is 0 Å². The molecule has 0 aromatic carbocycles. The van der Waals surface area contributed by atoms with Crippen LogP contribution in [0.25, 0.3) is 0 Å². The summed E-state index contributed by atoms with van der Waals surface area (Å²) in [5.41, 5.74) is 0. The number of hydrogen-bond acceptors (Lipinski definition) is 4. The zero-order valence-electron chi connectivity index (χ0n) is 16.3. The Balaban J connectivity index is 2.38. The van der Waals surface area contributed by atoms with Crippen molar-refractivity contribution in [1.29, 1.82) is 0 Å². The van der Waals surface area contributed by atoms with E-state index in [9.17, 15) is 9.59 Å². The highest BCUT2D eigenvalue weighted by atomic mass is 16.5. The molecule has 25 heavy (non-hydrogen) atoms. The van der Waals surface area contributed by atoms with E-state index in [1.807, 2.05) is 13.8 Å². The molecule has 7 heteroatoms. The van der Waals surface area contributed by atoms with Gasteiger partial charge in [-0.2, -0.15) is 0 Å². The summed E-state index contributed by atoms with van der Waals surface area (Å²) in [4.78, 5) is 26.0. The molecule has 0 bridgehead atoms. The van der Waals surface area contributed by atoms with Gasteiger partial charge < -0.3 is 20.7 Å². The highest BCUT2D eigenvalue weighted by molar-refractivity contribution is 5.78. The number of hydrogen-bond donors (Lipinski definition) is 3. The lowest BCUT2D eigenvalue weighted by molar-refractivity contribution is -0.121. The van der Waals surface area contributed by atoms with Crippen LogP contribution in [0, 0.1) is 5.92 Å². The van der Waals surface area contributed by atoms with Gasteiger partial charge in [-0.05, 0) is 19.8 Å². The molecule has 3 amide bonds. The topological polar surface area (TPSA) is 82.7 Å². The van der Waals surface area contributed by atoms with E-state index in [-0.39, 0.29) is 18.0 Å². The Morgan fingerprint density at radius 1 is 1.08 bits per heavy atom. The van der Waals surface area contributed by atoms with E-state index in [1.54, 1.807) is 0 Å². The summed E-state index contributed by atoms with van der Waals surface area (Å²) in [6.07, 6.45) is 2.49. The fourth-order valence-corrected chi connectivity index (χ4v) is 3.28. The van der Waals surface area contributed by atoms with Crippen molar-refractivity contribution >= 4 is 11.9 Å². The predicted octanol–water partition coefficient (Wildman–Crippen LogP) is 1.34. The molecule has 1 fully saturated rings. The van der Waals surface area contributed by atoms with E-state index < -0.39 is 0 Å². The average molecular weight is 357 g/mol. The first-order valence-electron chi connectivity index (χ1n) is 9.60. The fourth-order valence-electron chi connectivity index (χ4n) is 3.28. The normalized spacial score (nSPS) is 16.7. The molecule has 1 atom stereocenters. The standard InChI is InChI=1S/C18H36N4O3/c1-5-15(6-2)16(22-9-11-25-12-10-22)13-20-18(24)19-8-7-17(23)21-14(3)4/h14-16H,5-13H2,1-4H3,(H,21,23)(H2,19,20,24). The van der Waals surface area contributed by atoms with Crippen molar-refractivity contribution in [2.24, 2.45) is 5.92 Å². The Kier molecular flexibility index (Phi) is 10.5. The molecule has 1 saturated heterocycles. The monoisotopic (exact) mass is 356 g/mol. The van der Waals surface area contributed by atoms with Crippen LogP contribution in [0.4, 0.5) is 4.79 Å². The summed E-state index contributed by atoms with van der Waals surface area (Å²) >= 11 is 0. The number of nitrogens with one attached hydrogen (secondary N) is 3. The third-order valence-corrected chi connectivity index (χ3v) is 4.67. The van der Waals surface area contributed by atoms with Crippen molar-refractivity contribution < 1.29 is 14.3 Å². The van der Waals surface area contributed by atoms with Gasteiger partial charge in [-0.3, -0.25) is 9.69 Å². The van der Waals surface area contributed by atoms with Gasteiger partial charge in [-0.15, -0.1) is 0 Å². The van der Waals surface area contributed by atoms with Gasteiger partial charge >= 0.3 is 6.03 Å². The molecule has 0 spiro atoms. The van der Waals surface area contributed by atoms with Crippen molar-refractivity contribution in [2.75, 3.05) is 39.4 Å². The van der Waals surface area contributed by atoms with E-state index in [0.717, 1.165) is 39.1 Å². The smallest absolute Gasteiger partial charge is 0.314 e. The molecule has 0 saturated carbocycles. The average Bonchev–Trinajstić information content (AvgIpc) is 2.58. The van der Waals surface area contributed by atoms with E-state index in [1.165, 1.54) is 0 Å². The molecule has 0 aliphatic carbocycles. The third-order valence-electron chi connectivity index (χ3n) is 4.67.